The average Bonchev–Trinajstić information content (AvgIpc) is 2.23. The zero-order valence-electron chi connectivity index (χ0n) is 7.09. The topological polar surface area (TPSA) is 50.9 Å². The van der Waals surface area contributed by atoms with Crippen molar-refractivity contribution in [2.24, 2.45) is 5.84 Å². The van der Waals surface area contributed by atoms with Crippen molar-refractivity contribution in [2.75, 3.05) is 5.43 Å². The molecule has 1 aromatic heterocycles. The van der Waals surface area contributed by atoms with Gasteiger partial charge >= 0.3 is 0 Å². The highest BCUT2D eigenvalue weighted by Crippen LogP contribution is 2.25. The molecule has 0 saturated carbocycles. The third kappa shape index (κ3) is 1.44. The maximum atomic E-state index is 13.3. The lowest BCUT2D eigenvalue weighted by Gasteiger charge is -2.04. The van der Waals surface area contributed by atoms with Crippen molar-refractivity contribution in [3.05, 3.63) is 34.6 Å². The lowest BCUT2D eigenvalue weighted by atomic mass is 10.2. The van der Waals surface area contributed by atoms with Gasteiger partial charge in [0.2, 0.25) is 0 Å². The van der Waals surface area contributed by atoms with E-state index in [0.29, 0.717) is 16.7 Å². The Balaban J connectivity index is 2.80. The molecule has 0 saturated heterocycles. The molecule has 2 aromatic rings. The number of halogens is 2. The van der Waals surface area contributed by atoms with Crippen molar-refractivity contribution in [3.8, 4) is 0 Å². The molecule has 14 heavy (non-hydrogen) atoms. The minimum Gasteiger partial charge on any atom is -0.308 e. The second-order valence-corrected chi connectivity index (χ2v) is 3.62. The number of fused-ring (bicyclic) bond motifs is 1. The number of pyridine rings is 1. The Morgan fingerprint density at radius 3 is 2.79 bits per heavy atom. The van der Waals surface area contributed by atoms with E-state index < -0.39 is 0 Å². The number of benzene rings is 1. The maximum absolute atomic E-state index is 13.3. The number of aromatic nitrogens is 1. The molecule has 5 heteroatoms. The van der Waals surface area contributed by atoms with Gasteiger partial charge in [0.25, 0.3) is 0 Å². The molecule has 3 N–H and O–H groups in total. The van der Waals surface area contributed by atoms with Crippen molar-refractivity contribution in [3.63, 3.8) is 0 Å². The SMILES string of the molecule is NNc1ccc2c(F)ccc(Br)c2n1. The molecule has 1 aromatic carbocycles. The Kier molecular flexibility index (Phi) is 2.35. The molecule has 0 atom stereocenters. The Bertz CT molecular complexity index is 487. The van der Waals surface area contributed by atoms with Crippen molar-refractivity contribution in [1.82, 2.24) is 4.98 Å². The van der Waals surface area contributed by atoms with E-state index in [0.717, 1.165) is 4.47 Å². The molecular weight excluding hydrogens is 249 g/mol. The summed E-state index contributed by atoms with van der Waals surface area (Å²) in [5.74, 6) is 5.42. The standard InChI is InChI=1S/C9H7BrFN3/c10-6-2-3-7(11)5-1-4-8(14-12)13-9(5)6/h1-4H,12H2,(H,13,14). The van der Waals surface area contributed by atoms with E-state index in [9.17, 15) is 4.39 Å². The van der Waals surface area contributed by atoms with Gasteiger partial charge < -0.3 is 5.43 Å². The van der Waals surface area contributed by atoms with Gasteiger partial charge in [0.15, 0.2) is 0 Å². The summed E-state index contributed by atoms with van der Waals surface area (Å²) < 4.78 is 14.0. The number of hydrogen-bond acceptors (Lipinski definition) is 3. The molecule has 0 aliphatic heterocycles. The molecule has 0 unspecified atom stereocenters. The number of rotatable bonds is 1. The summed E-state index contributed by atoms with van der Waals surface area (Å²) in [5.41, 5.74) is 2.97. The van der Waals surface area contributed by atoms with Crippen LogP contribution >= 0.6 is 15.9 Å². The maximum Gasteiger partial charge on any atom is 0.140 e. The fourth-order valence-corrected chi connectivity index (χ4v) is 1.66. The van der Waals surface area contributed by atoms with Crippen LogP contribution in [-0.4, -0.2) is 4.98 Å². The highest BCUT2D eigenvalue weighted by atomic mass is 79.9. The third-order valence-electron chi connectivity index (χ3n) is 1.90. The quantitative estimate of drug-likeness (QED) is 0.608. The third-order valence-corrected chi connectivity index (χ3v) is 2.54. The molecule has 3 nitrogen and oxygen atoms in total. The molecule has 0 amide bonds. The zero-order valence-corrected chi connectivity index (χ0v) is 8.68. The van der Waals surface area contributed by atoms with Crippen LogP contribution in [-0.2, 0) is 0 Å². The summed E-state index contributed by atoms with van der Waals surface area (Å²) >= 11 is 3.30. The molecular formula is C9H7BrFN3. The Labute approximate surface area is 88.2 Å². The number of nitrogens with zero attached hydrogens (tertiary/aromatic N) is 1. The van der Waals surface area contributed by atoms with Gasteiger partial charge in [0, 0.05) is 9.86 Å². The van der Waals surface area contributed by atoms with Crippen LogP contribution in [0.25, 0.3) is 10.9 Å². The minimum atomic E-state index is -0.292. The predicted molar refractivity (Wildman–Crippen MR) is 57.2 cm³/mol. The number of anilines is 1. The number of nitrogen functional groups attached to an aromatic ring is 1. The summed E-state index contributed by atoms with van der Waals surface area (Å²) in [6.07, 6.45) is 0. The van der Waals surface area contributed by atoms with Gasteiger partial charge in [-0.05, 0) is 40.2 Å². The van der Waals surface area contributed by atoms with E-state index >= 15 is 0 Å². The Morgan fingerprint density at radius 1 is 1.29 bits per heavy atom. The van der Waals surface area contributed by atoms with Crippen LogP contribution in [0, 0.1) is 5.82 Å². The van der Waals surface area contributed by atoms with Crippen molar-refractivity contribution < 1.29 is 4.39 Å². The monoisotopic (exact) mass is 255 g/mol. The number of hydrazine groups is 1. The van der Waals surface area contributed by atoms with Gasteiger partial charge in [0.05, 0.1) is 5.52 Å². The van der Waals surface area contributed by atoms with Gasteiger partial charge in [-0.15, -0.1) is 0 Å². The van der Waals surface area contributed by atoms with Crippen LogP contribution in [0.4, 0.5) is 10.2 Å². The lowest BCUT2D eigenvalue weighted by molar-refractivity contribution is 0.639. The fourth-order valence-electron chi connectivity index (χ4n) is 1.23. The molecule has 0 radical (unpaired) electrons. The fraction of sp³-hybridized carbons (Fsp3) is 0. The first-order valence-electron chi connectivity index (χ1n) is 3.94. The molecule has 72 valence electrons. The highest BCUT2D eigenvalue weighted by molar-refractivity contribution is 9.10. The minimum absolute atomic E-state index is 0.292. The van der Waals surface area contributed by atoms with Gasteiger partial charge in [0.1, 0.15) is 11.6 Å². The summed E-state index contributed by atoms with van der Waals surface area (Å²) in [6.45, 7) is 0. The molecule has 0 aliphatic carbocycles. The van der Waals surface area contributed by atoms with Crippen LogP contribution in [0.15, 0.2) is 28.7 Å². The second kappa shape index (κ2) is 3.51. The van der Waals surface area contributed by atoms with Gasteiger partial charge in [-0.2, -0.15) is 0 Å². The smallest absolute Gasteiger partial charge is 0.140 e. The normalized spacial score (nSPS) is 10.5. The summed E-state index contributed by atoms with van der Waals surface area (Å²) in [7, 11) is 0. The van der Waals surface area contributed by atoms with Crippen LogP contribution in [0.3, 0.4) is 0 Å². The van der Waals surface area contributed by atoms with Crippen LogP contribution in [0.1, 0.15) is 0 Å². The Morgan fingerprint density at radius 2 is 2.07 bits per heavy atom. The second-order valence-electron chi connectivity index (χ2n) is 2.77. The van der Waals surface area contributed by atoms with Crippen molar-refractivity contribution in [2.45, 2.75) is 0 Å². The van der Waals surface area contributed by atoms with E-state index in [1.165, 1.54) is 6.07 Å². The molecule has 0 fully saturated rings. The lowest BCUT2D eigenvalue weighted by Crippen LogP contribution is -2.08. The van der Waals surface area contributed by atoms with Gasteiger partial charge in [-0.3, -0.25) is 0 Å². The number of nitrogens with two attached hydrogens (primary N) is 1. The number of hydrogen-bond donors (Lipinski definition) is 2. The molecule has 2 rings (SSSR count). The first kappa shape index (κ1) is 9.36. The highest BCUT2D eigenvalue weighted by Gasteiger charge is 2.05. The summed E-state index contributed by atoms with van der Waals surface area (Å²) in [6, 6.07) is 6.27. The molecule has 1 heterocycles. The molecule has 0 spiro atoms. The average molecular weight is 256 g/mol. The van der Waals surface area contributed by atoms with E-state index in [4.69, 9.17) is 5.84 Å². The summed E-state index contributed by atoms with van der Waals surface area (Å²) in [5, 5.41) is 0.471. The first-order valence-corrected chi connectivity index (χ1v) is 4.73. The van der Waals surface area contributed by atoms with E-state index in [2.05, 4.69) is 26.3 Å². The van der Waals surface area contributed by atoms with Crippen LogP contribution in [0.2, 0.25) is 0 Å². The first-order chi connectivity index (χ1) is 6.72. The van der Waals surface area contributed by atoms with Crippen LogP contribution in [0.5, 0.6) is 0 Å². The molecule has 0 aliphatic rings. The summed E-state index contributed by atoms with van der Waals surface area (Å²) in [4.78, 5) is 4.13. The van der Waals surface area contributed by atoms with Crippen LogP contribution < -0.4 is 11.3 Å². The van der Waals surface area contributed by atoms with Crippen molar-refractivity contribution in [1.29, 1.82) is 0 Å². The predicted octanol–water partition coefficient (Wildman–Crippen LogP) is 2.42. The van der Waals surface area contributed by atoms with E-state index in [1.807, 2.05) is 0 Å². The largest absolute Gasteiger partial charge is 0.308 e. The zero-order chi connectivity index (χ0) is 10.1. The van der Waals surface area contributed by atoms with E-state index in [-0.39, 0.29) is 5.82 Å². The molecule has 0 bridgehead atoms. The van der Waals surface area contributed by atoms with Gasteiger partial charge in [-0.1, -0.05) is 0 Å². The number of nitrogens with one attached hydrogen (secondary N) is 1. The van der Waals surface area contributed by atoms with E-state index in [1.54, 1.807) is 18.2 Å². The van der Waals surface area contributed by atoms with Gasteiger partial charge in [-0.25, -0.2) is 15.2 Å². The Hall–Kier alpha value is -1.20. The van der Waals surface area contributed by atoms with Crippen molar-refractivity contribution >= 4 is 32.7 Å².